The van der Waals surface area contributed by atoms with Crippen LogP contribution in [-0.2, 0) is 6.42 Å². The molecule has 0 saturated heterocycles. The number of halogens is 3. The van der Waals surface area contributed by atoms with Gasteiger partial charge in [-0.15, -0.1) is 0 Å². The maximum Gasteiger partial charge on any atom is 0.142 e. The molecule has 0 amide bonds. The summed E-state index contributed by atoms with van der Waals surface area (Å²) in [6.07, 6.45) is 0.204. The number of nitrogens with two attached hydrogens (primary N) is 1. The lowest BCUT2D eigenvalue weighted by molar-refractivity contribution is 0.493. The predicted molar refractivity (Wildman–Crippen MR) is 53.3 cm³/mol. The minimum atomic E-state index is -0.618. The summed E-state index contributed by atoms with van der Waals surface area (Å²) in [5, 5.41) is -0.177. The average Bonchev–Trinajstić information content (AvgIpc) is 2.04. The van der Waals surface area contributed by atoms with E-state index < -0.39 is 17.2 Å². The Kier molecular flexibility index (Phi) is 3.12. The van der Waals surface area contributed by atoms with Gasteiger partial charge in [-0.2, -0.15) is 0 Å². The maximum atomic E-state index is 13.3. The minimum Gasteiger partial charge on any atom is -0.325 e. The first kappa shape index (κ1) is 11.4. The molecule has 1 rings (SSSR count). The molecule has 0 radical (unpaired) electrons. The molecule has 1 aromatic rings. The SMILES string of the molecule is CC(C)(N)Cc1c(F)ccc(F)c1Cl. The molecule has 2 N–H and O–H groups in total. The number of benzene rings is 1. The van der Waals surface area contributed by atoms with E-state index in [1.165, 1.54) is 0 Å². The van der Waals surface area contributed by atoms with Crippen LogP contribution in [0.15, 0.2) is 12.1 Å². The Morgan fingerprint density at radius 2 is 1.79 bits per heavy atom. The van der Waals surface area contributed by atoms with Crippen molar-refractivity contribution in [2.45, 2.75) is 25.8 Å². The molecular weight excluding hydrogens is 208 g/mol. The van der Waals surface area contributed by atoms with Crippen LogP contribution in [0.4, 0.5) is 8.78 Å². The van der Waals surface area contributed by atoms with E-state index in [-0.39, 0.29) is 17.0 Å². The van der Waals surface area contributed by atoms with Crippen LogP contribution in [0.25, 0.3) is 0 Å². The molecule has 0 spiro atoms. The van der Waals surface area contributed by atoms with Crippen molar-refractivity contribution in [2.75, 3.05) is 0 Å². The molecule has 0 bridgehead atoms. The molecule has 0 aliphatic carbocycles. The highest BCUT2D eigenvalue weighted by Gasteiger charge is 2.19. The van der Waals surface area contributed by atoms with Crippen molar-refractivity contribution in [3.63, 3.8) is 0 Å². The largest absolute Gasteiger partial charge is 0.325 e. The van der Waals surface area contributed by atoms with Gasteiger partial charge in [-0.3, -0.25) is 0 Å². The lowest BCUT2D eigenvalue weighted by Crippen LogP contribution is -2.35. The molecule has 1 nitrogen and oxygen atoms in total. The highest BCUT2D eigenvalue weighted by Crippen LogP contribution is 2.25. The third kappa shape index (κ3) is 2.66. The normalized spacial score (nSPS) is 11.9. The second-order valence-electron chi connectivity index (χ2n) is 3.99. The topological polar surface area (TPSA) is 26.0 Å². The van der Waals surface area contributed by atoms with Gasteiger partial charge >= 0.3 is 0 Å². The molecule has 0 aromatic heterocycles. The molecule has 0 fully saturated rings. The molecule has 0 atom stereocenters. The summed E-state index contributed by atoms with van der Waals surface area (Å²) in [6, 6.07) is 2.06. The fourth-order valence-electron chi connectivity index (χ4n) is 1.19. The zero-order chi connectivity index (χ0) is 10.9. The summed E-state index contributed by atoms with van der Waals surface area (Å²) in [6.45, 7) is 3.46. The van der Waals surface area contributed by atoms with Crippen LogP contribution in [0.1, 0.15) is 19.4 Å². The van der Waals surface area contributed by atoms with Crippen molar-refractivity contribution in [3.05, 3.63) is 34.4 Å². The van der Waals surface area contributed by atoms with E-state index in [1.807, 2.05) is 0 Å². The lowest BCUT2D eigenvalue weighted by atomic mass is 9.96. The fourth-order valence-corrected chi connectivity index (χ4v) is 1.41. The third-order valence-electron chi connectivity index (χ3n) is 1.77. The third-order valence-corrected chi connectivity index (χ3v) is 2.18. The van der Waals surface area contributed by atoms with Crippen LogP contribution in [0.3, 0.4) is 0 Å². The number of hydrogen-bond acceptors (Lipinski definition) is 1. The Bertz CT molecular complexity index is 345. The summed E-state index contributed by atoms with van der Waals surface area (Å²) in [4.78, 5) is 0. The summed E-state index contributed by atoms with van der Waals surface area (Å²) in [7, 11) is 0. The van der Waals surface area contributed by atoms with Crippen LogP contribution >= 0.6 is 11.6 Å². The molecular formula is C10H12ClF2N. The molecule has 0 aliphatic rings. The highest BCUT2D eigenvalue weighted by molar-refractivity contribution is 6.31. The molecule has 78 valence electrons. The van der Waals surface area contributed by atoms with E-state index in [2.05, 4.69) is 0 Å². The standard InChI is InChI=1S/C10H12ClF2N/c1-10(2,14)5-6-7(12)3-4-8(13)9(6)11/h3-4H,5,14H2,1-2H3. The van der Waals surface area contributed by atoms with Gasteiger partial charge in [0.25, 0.3) is 0 Å². The van der Waals surface area contributed by atoms with E-state index in [9.17, 15) is 8.78 Å². The smallest absolute Gasteiger partial charge is 0.142 e. The van der Waals surface area contributed by atoms with Gasteiger partial charge in [0.15, 0.2) is 0 Å². The Balaban J connectivity index is 3.13. The monoisotopic (exact) mass is 219 g/mol. The first-order valence-corrected chi connectivity index (χ1v) is 4.60. The lowest BCUT2D eigenvalue weighted by Gasteiger charge is -2.19. The van der Waals surface area contributed by atoms with Gasteiger partial charge in [-0.25, -0.2) is 8.78 Å². The molecule has 0 heterocycles. The highest BCUT2D eigenvalue weighted by atomic mass is 35.5. The maximum absolute atomic E-state index is 13.3. The van der Waals surface area contributed by atoms with Gasteiger partial charge in [0.2, 0.25) is 0 Å². The Morgan fingerprint density at radius 3 is 2.29 bits per heavy atom. The van der Waals surface area contributed by atoms with Crippen LogP contribution in [0.2, 0.25) is 5.02 Å². The summed E-state index contributed by atoms with van der Waals surface area (Å²) in [5.74, 6) is -1.14. The van der Waals surface area contributed by atoms with Crippen molar-refractivity contribution in [1.82, 2.24) is 0 Å². The Hall–Kier alpha value is -0.670. The fraction of sp³-hybridized carbons (Fsp3) is 0.400. The number of hydrogen-bond donors (Lipinski definition) is 1. The van der Waals surface area contributed by atoms with E-state index >= 15 is 0 Å². The summed E-state index contributed by atoms with van der Waals surface area (Å²) >= 11 is 5.63. The number of rotatable bonds is 2. The average molecular weight is 220 g/mol. The van der Waals surface area contributed by atoms with Crippen LogP contribution < -0.4 is 5.73 Å². The zero-order valence-corrected chi connectivity index (χ0v) is 8.83. The first-order chi connectivity index (χ1) is 6.31. The van der Waals surface area contributed by atoms with Gasteiger partial charge in [0, 0.05) is 11.1 Å². The molecule has 1 aromatic carbocycles. The van der Waals surface area contributed by atoms with Crippen LogP contribution in [0, 0.1) is 11.6 Å². The van der Waals surface area contributed by atoms with E-state index in [1.54, 1.807) is 13.8 Å². The second kappa shape index (κ2) is 3.83. The van der Waals surface area contributed by atoms with Crippen LogP contribution in [0.5, 0.6) is 0 Å². The minimum absolute atomic E-state index is 0.138. The van der Waals surface area contributed by atoms with Gasteiger partial charge in [0.1, 0.15) is 11.6 Å². The van der Waals surface area contributed by atoms with Gasteiger partial charge in [-0.1, -0.05) is 11.6 Å². The predicted octanol–water partition coefficient (Wildman–Crippen LogP) is 2.90. The molecule has 0 saturated carbocycles. The van der Waals surface area contributed by atoms with Gasteiger partial charge in [0.05, 0.1) is 5.02 Å². The Morgan fingerprint density at radius 1 is 1.29 bits per heavy atom. The van der Waals surface area contributed by atoms with Crippen molar-refractivity contribution in [1.29, 1.82) is 0 Å². The molecule has 14 heavy (non-hydrogen) atoms. The molecule has 0 aliphatic heterocycles. The summed E-state index contributed by atoms with van der Waals surface area (Å²) in [5.41, 5.74) is 5.23. The van der Waals surface area contributed by atoms with E-state index in [0.717, 1.165) is 12.1 Å². The van der Waals surface area contributed by atoms with Crippen molar-refractivity contribution in [3.8, 4) is 0 Å². The Labute approximate surface area is 86.9 Å². The van der Waals surface area contributed by atoms with Crippen molar-refractivity contribution < 1.29 is 8.78 Å². The van der Waals surface area contributed by atoms with Crippen molar-refractivity contribution in [2.24, 2.45) is 5.73 Å². The van der Waals surface area contributed by atoms with Gasteiger partial charge in [-0.05, 0) is 32.4 Å². The second-order valence-corrected chi connectivity index (χ2v) is 4.37. The van der Waals surface area contributed by atoms with Crippen molar-refractivity contribution >= 4 is 11.6 Å². The summed E-state index contributed by atoms with van der Waals surface area (Å²) < 4.78 is 26.2. The first-order valence-electron chi connectivity index (χ1n) is 4.22. The molecule has 0 unspecified atom stereocenters. The van der Waals surface area contributed by atoms with Crippen LogP contribution in [-0.4, -0.2) is 5.54 Å². The molecule has 4 heteroatoms. The van der Waals surface area contributed by atoms with Gasteiger partial charge < -0.3 is 5.73 Å². The quantitative estimate of drug-likeness (QED) is 0.761. The van der Waals surface area contributed by atoms with E-state index in [4.69, 9.17) is 17.3 Å². The zero-order valence-electron chi connectivity index (χ0n) is 8.07. The van der Waals surface area contributed by atoms with E-state index in [0.29, 0.717) is 0 Å².